The van der Waals surface area contributed by atoms with Crippen molar-refractivity contribution in [2.75, 3.05) is 48.3 Å². The van der Waals surface area contributed by atoms with Gasteiger partial charge in [-0.05, 0) is 56.0 Å². The summed E-state index contributed by atoms with van der Waals surface area (Å²) in [5, 5.41) is 31.4. The van der Waals surface area contributed by atoms with Crippen LogP contribution in [-0.2, 0) is 11.8 Å². The fourth-order valence-corrected chi connectivity index (χ4v) is 7.67. The van der Waals surface area contributed by atoms with Gasteiger partial charge < -0.3 is 15.7 Å². The molecule has 3 aromatic heterocycles. The second-order valence-corrected chi connectivity index (χ2v) is 13.1. The minimum atomic E-state index is -0.423. The van der Waals surface area contributed by atoms with Gasteiger partial charge >= 0.3 is 6.03 Å². The lowest BCUT2D eigenvalue weighted by molar-refractivity contribution is -0.120. The fourth-order valence-electron chi connectivity index (χ4n) is 7.67. The van der Waals surface area contributed by atoms with E-state index in [2.05, 4.69) is 36.1 Å². The number of rotatable bonds is 6. The summed E-state index contributed by atoms with van der Waals surface area (Å²) in [4.78, 5) is 30.9. The third-order valence-electron chi connectivity index (χ3n) is 10.3. The average Bonchev–Trinajstić information content (AvgIpc) is 3.74. The van der Waals surface area contributed by atoms with Crippen molar-refractivity contribution >= 4 is 40.2 Å². The van der Waals surface area contributed by atoms with Crippen LogP contribution >= 0.6 is 0 Å². The van der Waals surface area contributed by atoms with Crippen LogP contribution in [0.15, 0.2) is 60.9 Å². The lowest BCUT2D eigenvalue weighted by Crippen LogP contribution is -2.51. The van der Waals surface area contributed by atoms with E-state index in [0.717, 1.165) is 79.6 Å². The number of aromatic hydroxyl groups is 1. The van der Waals surface area contributed by atoms with Crippen LogP contribution in [0.2, 0.25) is 0 Å². The second kappa shape index (κ2) is 12.5. The molecule has 49 heavy (non-hydrogen) atoms. The predicted octanol–water partition coefficient (Wildman–Crippen LogP) is 3.93. The minimum Gasteiger partial charge on any atom is -0.507 e. The van der Waals surface area contributed by atoms with Crippen LogP contribution in [0.5, 0.6) is 5.75 Å². The van der Waals surface area contributed by atoms with Gasteiger partial charge in [-0.1, -0.05) is 18.2 Å². The summed E-state index contributed by atoms with van der Waals surface area (Å²) < 4.78 is 3.92. The number of urea groups is 1. The molecule has 3 aliphatic rings. The maximum absolute atomic E-state index is 12.6. The second-order valence-electron chi connectivity index (χ2n) is 13.1. The van der Waals surface area contributed by atoms with Crippen molar-refractivity contribution in [3.8, 4) is 28.1 Å². The molecule has 14 heteroatoms. The maximum atomic E-state index is 12.6. The van der Waals surface area contributed by atoms with Crippen molar-refractivity contribution in [1.29, 1.82) is 0 Å². The molecule has 2 saturated heterocycles. The molecule has 0 atom stereocenters. The van der Waals surface area contributed by atoms with Gasteiger partial charge in [-0.3, -0.25) is 29.3 Å². The number of nitrogens with one attached hydrogen (secondary N) is 1. The zero-order valence-electron chi connectivity index (χ0n) is 27.4. The summed E-state index contributed by atoms with van der Waals surface area (Å²) in [6.45, 7) is 4.09. The quantitative estimate of drug-likeness (QED) is 0.243. The Kier molecular flexibility index (Phi) is 7.86. The van der Waals surface area contributed by atoms with Gasteiger partial charge in [-0.2, -0.15) is 10.2 Å². The Balaban J connectivity index is 0.902. The third-order valence-corrected chi connectivity index (χ3v) is 10.3. The van der Waals surface area contributed by atoms with Crippen molar-refractivity contribution in [3.05, 3.63) is 60.9 Å². The molecule has 3 amide bonds. The molecule has 14 nitrogen and oxygen atoms in total. The number of aromatic nitrogens is 6. The first-order valence-electron chi connectivity index (χ1n) is 16.9. The van der Waals surface area contributed by atoms with Crippen molar-refractivity contribution in [1.82, 2.24) is 40.0 Å². The highest BCUT2D eigenvalue weighted by atomic mass is 16.3. The summed E-state index contributed by atoms with van der Waals surface area (Å²) in [5.41, 5.74) is 11.1. The van der Waals surface area contributed by atoms with Gasteiger partial charge in [-0.25, -0.2) is 4.79 Å². The highest BCUT2D eigenvalue weighted by molar-refractivity contribution is 6.10. The molecule has 0 bridgehead atoms. The molecule has 5 heterocycles. The number of benzene rings is 2. The molecule has 5 aromatic rings. The Morgan fingerprint density at radius 3 is 2.45 bits per heavy atom. The SMILES string of the molecule is Cn1nc(N2CCC(=O)NC2=O)c2cccc(N3CCN(C4CCC(n5cc(-c6cc(-c7ccccc7O)nnc6N)cn5)CC4)CC3)c21. The number of hydrogen-bond acceptors (Lipinski definition) is 10. The molecule has 1 aliphatic carbocycles. The first kappa shape index (κ1) is 30.8. The summed E-state index contributed by atoms with van der Waals surface area (Å²) >= 11 is 0. The number of carbonyl (C=O) groups is 2. The van der Waals surface area contributed by atoms with E-state index < -0.39 is 6.03 Å². The van der Waals surface area contributed by atoms with E-state index in [1.807, 2.05) is 54.5 Å². The average molecular weight is 662 g/mol. The van der Waals surface area contributed by atoms with Gasteiger partial charge in [0, 0.05) is 80.5 Å². The fraction of sp³-hybridized carbons (Fsp3) is 0.371. The Bertz CT molecular complexity index is 2040. The first-order chi connectivity index (χ1) is 23.8. The molecule has 0 radical (unpaired) electrons. The number of hydrogen-bond donors (Lipinski definition) is 3. The number of nitrogens with zero attached hydrogens (tertiary/aromatic N) is 9. The van der Waals surface area contributed by atoms with Gasteiger partial charge in [0.2, 0.25) is 5.91 Å². The van der Waals surface area contributed by atoms with Crippen LogP contribution in [-0.4, -0.2) is 90.5 Å². The van der Waals surface area contributed by atoms with Gasteiger partial charge in [0.05, 0.1) is 29.1 Å². The monoisotopic (exact) mass is 661 g/mol. The summed E-state index contributed by atoms with van der Waals surface area (Å²) in [5.74, 6) is 0.802. The number of phenols is 1. The molecule has 1 saturated carbocycles. The standard InChI is InChI=1S/C35H39N11O3/c1-42-32-26(34(41-42)45-14-13-31(48)38-35(45)49)6-4-7-29(32)44-17-15-43(16-18-44)23-9-11-24(12-10-23)46-21-22(20-37-46)27-19-28(39-40-33(27)36)25-5-2-3-8-30(25)47/h2-8,19-21,23-24,47H,9-18H2,1H3,(H2,36,40)(H,38,48,49). The molecule has 0 spiro atoms. The number of imide groups is 1. The topological polar surface area (TPSA) is 164 Å². The number of carbonyl (C=O) groups excluding carboxylic acids is 2. The summed E-state index contributed by atoms with van der Waals surface area (Å²) in [6.07, 6.45) is 8.46. The molecule has 252 valence electrons. The van der Waals surface area contributed by atoms with E-state index in [-0.39, 0.29) is 18.1 Å². The van der Waals surface area contributed by atoms with Crippen LogP contribution < -0.4 is 20.9 Å². The van der Waals surface area contributed by atoms with Crippen LogP contribution in [0.4, 0.5) is 22.1 Å². The molecular weight excluding hydrogens is 622 g/mol. The zero-order chi connectivity index (χ0) is 33.6. The van der Waals surface area contributed by atoms with E-state index >= 15 is 0 Å². The third kappa shape index (κ3) is 5.71. The van der Waals surface area contributed by atoms with E-state index in [1.165, 1.54) is 0 Å². The number of piperazine rings is 1. The molecule has 0 unspecified atom stereocenters. The van der Waals surface area contributed by atoms with Gasteiger partial charge in [0.1, 0.15) is 5.75 Å². The van der Waals surface area contributed by atoms with Crippen molar-refractivity contribution in [2.24, 2.45) is 7.05 Å². The summed E-state index contributed by atoms with van der Waals surface area (Å²) in [7, 11) is 1.91. The van der Waals surface area contributed by atoms with Crippen molar-refractivity contribution < 1.29 is 14.7 Å². The van der Waals surface area contributed by atoms with Gasteiger partial charge in [0.25, 0.3) is 0 Å². The molecular formula is C35H39N11O3. The van der Waals surface area contributed by atoms with E-state index in [9.17, 15) is 14.7 Å². The lowest BCUT2D eigenvalue weighted by Gasteiger charge is -2.42. The van der Waals surface area contributed by atoms with Crippen LogP contribution in [0, 0.1) is 0 Å². The molecule has 2 aromatic carbocycles. The number of amides is 3. The van der Waals surface area contributed by atoms with Gasteiger partial charge in [0.15, 0.2) is 11.6 Å². The Morgan fingerprint density at radius 2 is 1.67 bits per heavy atom. The zero-order valence-corrected chi connectivity index (χ0v) is 27.4. The molecule has 2 aliphatic heterocycles. The molecule has 3 fully saturated rings. The smallest absolute Gasteiger partial charge is 0.329 e. The Labute approximate surface area is 283 Å². The summed E-state index contributed by atoms with van der Waals surface area (Å²) in [6, 6.07) is 15.5. The Hall–Kier alpha value is -5.50. The van der Waals surface area contributed by atoms with Crippen LogP contribution in [0.3, 0.4) is 0 Å². The van der Waals surface area contributed by atoms with E-state index in [0.29, 0.717) is 41.5 Å². The number of anilines is 3. The number of fused-ring (bicyclic) bond motifs is 1. The number of nitrogen functional groups attached to an aromatic ring is 1. The molecule has 4 N–H and O–H groups in total. The number of aryl methyl sites for hydroxylation is 1. The number of nitrogens with two attached hydrogens (primary N) is 1. The highest BCUT2D eigenvalue weighted by Gasteiger charge is 2.32. The van der Waals surface area contributed by atoms with E-state index in [4.69, 9.17) is 15.9 Å². The first-order valence-corrected chi connectivity index (χ1v) is 16.9. The largest absolute Gasteiger partial charge is 0.507 e. The van der Waals surface area contributed by atoms with Crippen LogP contribution in [0.25, 0.3) is 33.3 Å². The predicted molar refractivity (Wildman–Crippen MR) is 186 cm³/mol. The lowest BCUT2D eigenvalue weighted by atomic mass is 9.90. The normalized spacial score (nSPS) is 20.6. The molecule has 8 rings (SSSR count). The minimum absolute atomic E-state index is 0.145. The maximum Gasteiger partial charge on any atom is 0.329 e. The number of para-hydroxylation sites is 2. The van der Waals surface area contributed by atoms with Crippen LogP contribution in [0.1, 0.15) is 38.1 Å². The van der Waals surface area contributed by atoms with Crippen molar-refractivity contribution in [2.45, 2.75) is 44.2 Å². The van der Waals surface area contributed by atoms with Crippen molar-refractivity contribution in [3.63, 3.8) is 0 Å². The Morgan fingerprint density at radius 1 is 0.898 bits per heavy atom. The van der Waals surface area contributed by atoms with Gasteiger partial charge in [-0.15, -0.1) is 10.2 Å². The number of phenolic OH excluding ortho intramolecular Hbond substituents is 1. The highest BCUT2D eigenvalue weighted by Crippen LogP contribution is 2.37. The van der Waals surface area contributed by atoms with E-state index in [1.54, 1.807) is 17.0 Å².